The summed E-state index contributed by atoms with van der Waals surface area (Å²) >= 11 is 9.19. The van der Waals surface area contributed by atoms with Crippen molar-refractivity contribution in [2.45, 2.75) is 5.88 Å². The smallest absolute Gasteiger partial charge is 0.269 e. The number of alkyl halides is 1. The van der Waals surface area contributed by atoms with Crippen molar-refractivity contribution >= 4 is 33.2 Å². The molecule has 0 N–H and O–H groups in total. The van der Waals surface area contributed by atoms with E-state index in [0.29, 0.717) is 17.4 Å². The Bertz CT molecular complexity index is 601. The van der Waals surface area contributed by atoms with E-state index in [-0.39, 0.29) is 5.69 Å². The van der Waals surface area contributed by atoms with Crippen molar-refractivity contribution in [3.8, 4) is 11.5 Å². The van der Waals surface area contributed by atoms with Gasteiger partial charge in [0.2, 0.25) is 0 Å². The van der Waals surface area contributed by atoms with Crippen molar-refractivity contribution in [1.29, 1.82) is 0 Å². The number of ether oxygens (including phenoxy) is 1. The highest BCUT2D eigenvalue weighted by Crippen LogP contribution is 2.30. The summed E-state index contributed by atoms with van der Waals surface area (Å²) in [6.45, 7) is 0. The summed E-state index contributed by atoms with van der Waals surface area (Å²) in [5.74, 6) is 1.48. The minimum absolute atomic E-state index is 0.0270. The third-order valence-electron chi connectivity index (χ3n) is 2.45. The van der Waals surface area contributed by atoms with E-state index in [2.05, 4.69) is 15.9 Å². The van der Waals surface area contributed by atoms with Crippen LogP contribution in [0.25, 0.3) is 0 Å². The van der Waals surface area contributed by atoms with E-state index >= 15 is 0 Å². The number of halogens is 2. The maximum absolute atomic E-state index is 10.6. The first-order valence-electron chi connectivity index (χ1n) is 5.37. The second-order valence-electron chi connectivity index (χ2n) is 3.74. The van der Waals surface area contributed by atoms with Crippen molar-refractivity contribution in [1.82, 2.24) is 0 Å². The van der Waals surface area contributed by atoms with Crippen LogP contribution in [0.5, 0.6) is 11.5 Å². The zero-order chi connectivity index (χ0) is 13.8. The van der Waals surface area contributed by atoms with E-state index in [0.717, 1.165) is 10.0 Å². The molecular weight excluding hydrogens is 334 g/mol. The van der Waals surface area contributed by atoms with Crippen molar-refractivity contribution in [2.75, 3.05) is 0 Å². The van der Waals surface area contributed by atoms with Crippen molar-refractivity contribution < 1.29 is 9.66 Å². The minimum Gasteiger partial charge on any atom is -0.457 e. The summed E-state index contributed by atoms with van der Waals surface area (Å²) < 4.78 is 6.55. The van der Waals surface area contributed by atoms with Crippen LogP contribution in [0.15, 0.2) is 46.9 Å². The molecule has 2 aromatic rings. The van der Waals surface area contributed by atoms with Gasteiger partial charge in [-0.2, -0.15) is 0 Å². The van der Waals surface area contributed by atoms with Crippen LogP contribution in [0.3, 0.4) is 0 Å². The van der Waals surface area contributed by atoms with Gasteiger partial charge >= 0.3 is 0 Å². The Hall–Kier alpha value is -1.59. The van der Waals surface area contributed by atoms with Crippen LogP contribution in [-0.2, 0) is 5.88 Å². The van der Waals surface area contributed by atoms with Gasteiger partial charge in [-0.3, -0.25) is 10.1 Å². The molecule has 6 heteroatoms. The van der Waals surface area contributed by atoms with E-state index in [1.54, 1.807) is 18.2 Å². The average molecular weight is 343 g/mol. The van der Waals surface area contributed by atoms with E-state index in [4.69, 9.17) is 16.3 Å². The summed E-state index contributed by atoms with van der Waals surface area (Å²) in [4.78, 5) is 10.1. The largest absolute Gasteiger partial charge is 0.457 e. The molecule has 0 aliphatic heterocycles. The molecule has 0 amide bonds. The number of hydrogen-bond donors (Lipinski definition) is 0. The molecular formula is C13H9BrClNO3. The number of rotatable bonds is 4. The van der Waals surface area contributed by atoms with Gasteiger partial charge in [-0.25, -0.2) is 0 Å². The van der Waals surface area contributed by atoms with E-state index < -0.39 is 4.92 Å². The minimum atomic E-state index is -0.451. The number of nitro groups is 1. The van der Waals surface area contributed by atoms with Gasteiger partial charge in [-0.15, -0.1) is 11.6 Å². The lowest BCUT2D eigenvalue weighted by molar-refractivity contribution is -0.384. The Morgan fingerprint density at radius 3 is 2.47 bits per heavy atom. The van der Waals surface area contributed by atoms with Crippen molar-refractivity contribution in [2.24, 2.45) is 0 Å². The van der Waals surface area contributed by atoms with Gasteiger partial charge in [-0.05, 0) is 24.3 Å². The number of nitrogens with zero attached hydrogens (tertiary/aromatic N) is 1. The van der Waals surface area contributed by atoms with Crippen molar-refractivity contribution in [3.05, 3.63) is 62.6 Å². The van der Waals surface area contributed by atoms with Crippen LogP contribution in [0.2, 0.25) is 0 Å². The zero-order valence-electron chi connectivity index (χ0n) is 9.68. The van der Waals surface area contributed by atoms with Crippen LogP contribution in [0.4, 0.5) is 5.69 Å². The quantitative estimate of drug-likeness (QED) is 0.451. The first kappa shape index (κ1) is 13.8. The fourth-order valence-electron chi connectivity index (χ4n) is 1.50. The highest BCUT2D eigenvalue weighted by molar-refractivity contribution is 9.10. The molecule has 4 nitrogen and oxygen atoms in total. The van der Waals surface area contributed by atoms with Crippen LogP contribution < -0.4 is 4.74 Å². The molecule has 0 heterocycles. The first-order chi connectivity index (χ1) is 9.10. The zero-order valence-corrected chi connectivity index (χ0v) is 12.0. The summed E-state index contributed by atoms with van der Waals surface area (Å²) in [5.41, 5.74) is 0.877. The SMILES string of the molecule is O=[N+]([O-])c1ccc(Oc2cc(Br)ccc2CCl)cc1. The normalized spacial score (nSPS) is 10.2. The topological polar surface area (TPSA) is 52.4 Å². The fraction of sp³-hybridized carbons (Fsp3) is 0.0769. The van der Waals surface area contributed by atoms with E-state index in [1.165, 1.54) is 12.1 Å². The molecule has 0 saturated carbocycles. The highest BCUT2D eigenvalue weighted by Gasteiger charge is 2.08. The second-order valence-corrected chi connectivity index (χ2v) is 4.92. The third-order valence-corrected chi connectivity index (χ3v) is 3.23. The van der Waals surface area contributed by atoms with Crippen LogP contribution >= 0.6 is 27.5 Å². The number of benzene rings is 2. The monoisotopic (exact) mass is 341 g/mol. The molecule has 0 aliphatic rings. The molecule has 2 rings (SSSR count). The molecule has 2 aromatic carbocycles. The van der Waals surface area contributed by atoms with Gasteiger partial charge in [-0.1, -0.05) is 22.0 Å². The molecule has 0 fully saturated rings. The lowest BCUT2D eigenvalue weighted by atomic mass is 10.2. The molecule has 0 aliphatic carbocycles. The Labute approximate surface area is 123 Å². The predicted molar refractivity (Wildman–Crippen MR) is 76.9 cm³/mol. The molecule has 0 unspecified atom stereocenters. The first-order valence-corrected chi connectivity index (χ1v) is 6.69. The Kier molecular flexibility index (Phi) is 4.39. The molecule has 0 aromatic heterocycles. The van der Waals surface area contributed by atoms with Crippen molar-refractivity contribution in [3.63, 3.8) is 0 Å². The highest BCUT2D eigenvalue weighted by atomic mass is 79.9. The molecule has 19 heavy (non-hydrogen) atoms. The molecule has 0 bridgehead atoms. The van der Waals surface area contributed by atoms with E-state index in [1.807, 2.05) is 12.1 Å². The fourth-order valence-corrected chi connectivity index (χ4v) is 2.06. The van der Waals surface area contributed by atoms with Crippen LogP contribution in [0.1, 0.15) is 5.56 Å². The molecule has 0 saturated heterocycles. The van der Waals surface area contributed by atoms with E-state index in [9.17, 15) is 10.1 Å². The number of hydrogen-bond acceptors (Lipinski definition) is 3. The van der Waals surface area contributed by atoms with Gasteiger partial charge in [0.1, 0.15) is 11.5 Å². The number of non-ortho nitro benzene ring substituents is 1. The summed E-state index contributed by atoms with van der Waals surface area (Å²) in [5, 5.41) is 10.6. The Balaban J connectivity index is 2.25. The lowest BCUT2D eigenvalue weighted by Crippen LogP contribution is -1.91. The van der Waals surface area contributed by atoms with Crippen LogP contribution in [-0.4, -0.2) is 4.92 Å². The molecule has 0 spiro atoms. The van der Waals surface area contributed by atoms with Gasteiger partial charge in [0.15, 0.2) is 0 Å². The van der Waals surface area contributed by atoms with Gasteiger partial charge in [0.25, 0.3) is 5.69 Å². The maximum Gasteiger partial charge on any atom is 0.269 e. The summed E-state index contributed by atoms with van der Waals surface area (Å²) in [7, 11) is 0. The average Bonchev–Trinajstić information content (AvgIpc) is 2.39. The van der Waals surface area contributed by atoms with Crippen LogP contribution in [0, 0.1) is 10.1 Å². The predicted octanol–water partition coefficient (Wildman–Crippen LogP) is 4.89. The van der Waals surface area contributed by atoms with Gasteiger partial charge in [0.05, 0.1) is 10.8 Å². The maximum atomic E-state index is 10.6. The Morgan fingerprint density at radius 2 is 1.89 bits per heavy atom. The Morgan fingerprint density at radius 1 is 1.21 bits per heavy atom. The summed E-state index contributed by atoms with van der Waals surface area (Å²) in [6, 6.07) is 11.4. The number of nitro benzene ring substituents is 1. The molecule has 0 atom stereocenters. The van der Waals surface area contributed by atoms with Gasteiger partial charge < -0.3 is 4.74 Å². The van der Waals surface area contributed by atoms with Gasteiger partial charge in [0, 0.05) is 22.2 Å². The second kappa shape index (κ2) is 6.04. The third kappa shape index (κ3) is 3.45. The summed E-state index contributed by atoms with van der Waals surface area (Å²) in [6.07, 6.45) is 0. The molecule has 98 valence electrons. The standard InChI is InChI=1S/C13H9BrClNO3/c14-10-2-1-9(8-15)13(7-10)19-12-5-3-11(4-6-12)16(17)18/h1-7H,8H2. The lowest BCUT2D eigenvalue weighted by Gasteiger charge is -2.09. The molecule has 0 radical (unpaired) electrons.